The molecule has 0 spiro atoms. The van der Waals surface area contributed by atoms with Gasteiger partial charge in [0.1, 0.15) is 6.04 Å². The predicted octanol–water partition coefficient (Wildman–Crippen LogP) is 3.32. The zero-order valence-corrected chi connectivity index (χ0v) is 13.3. The summed E-state index contributed by atoms with van der Waals surface area (Å²) in [5, 5.41) is 12.8. The van der Waals surface area contributed by atoms with E-state index in [0.717, 1.165) is 5.56 Å². The van der Waals surface area contributed by atoms with Crippen LogP contribution in [0.15, 0.2) is 18.2 Å². The normalized spacial score (nSPS) is 22.0. The standard InChI is InChI=1S/C15H17Cl2NO3/c1-7(2)13(15(20)21)18-14(19)12-6-11(12)8-3-9(16)5-10(17)4-8/h3-5,7,11-13H,6H2,1-2H3,(H,18,19)(H,20,21)/t11?,12?,13-/m0/s1. The van der Waals surface area contributed by atoms with Gasteiger partial charge in [-0.15, -0.1) is 0 Å². The third-order valence-corrected chi connectivity index (χ3v) is 4.11. The van der Waals surface area contributed by atoms with Gasteiger partial charge in [-0.25, -0.2) is 4.79 Å². The zero-order chi connectivity index (χ0) is 15.7. The van der Waals surface area contributed by atoms with Crippen LogP contribution in [0.5, 0.6) is 0 Å². The summed E-state index contributed by atoms with van der Waals surface area (Å²) in [4.78, 5) is 23.2. The maximum atomic E-state index is 12.1. The minimum atomic E-state index is -1.01. The number of carbonyl (C=O) groups excluding carboxylic acids is 1. The first-order valence-electron chi connectivity index (χ1n) is 6.78. The molecule has 1 fully saturated rings. The third kappa shape index (κ3) is 3.89. The summed E-state index contributed by atoms with van der Waals surface area (Å²) in [5.41, 5.74) is 0.920. The third-order valence-electron chi connectivity index (χ3n) is 3.67. The van der Waals surface area contributed by atoms with E-state index in [1.54, 1.807) is 32.0 Å². The van der Waals surface area contributed by atoms with Gasteiger partial charge in [-0.1, -0.05) is 37.0 Å². The van der Waals surface area contributed by atoms with Gasteiger partial charge in [-0.05, 0) is 42.0 Å². The van der Waals surface area contributed by atoms with E-state index in [2.05, 4.69) is 5.32 Å². The van der Waals surface area contributed by atoms with E-state index in [1.165, 1.54) is 0 Å². The number of carboxylic acids is 1. The second kappa shape index (κ2) is 6.24. The quantitative estimate of drug-likeness (QED) is 0.870. The average molecular weight is 330 g/mol. The minimum absolute atomic E-state index is 0.0582. The van der Waals surface area contributed by atoms with E-state index in [9.17, 15) is 9.59 Å². The summed E-state index contributed by atoms with van der Waals surface area (Å²) in [6.45, 7) is 3.53. The van der Waals surface area contributed by atoms with Crippen LogP contribution in [-0.2, 0) is 9.59 Å². The average Bonchev–Trinajstić information content (AvgIpc) is 3.13. The Bertz CT molecular complexity index is 554. The fourth-order valence-electron chi connectivity index (χ4n) is 2.42. The monoisotopic (exact) mass is 329 g/mol. The van der Waals surface area contributed by atoms with Crippen molar-refractivity contribution in [1.29, 1.82) is 0 Å². The Morgan fingerprint density at radius 1 is 1.24 bits per heavy atom. The molecule has 1 aromatic carbocycles. The van der Waals surface area contributed by atoms with Gasteiger partial charge in [0.15, 0.2) is 0 Å². The molecule has 1 aromatic rings. The number of hydrogen-bond donors (Lipinski definition) is 2. The molecule has 0 saturated heterocycles. The molecule has 0 aromatic heterocycles. The van der Waals surface area contributed by atoms with Gasteiger partial charge in [0.05, 0.1) is 0 Å². The maximum absolute atomic E-state index is 12.1. The van der Waals surface area contributed by atoms with Gasteiger partial charge >= 0.3 is 5.97 Å². The Kier molecular flexibility index (Phi) is 4.79. The molecule has 3 atom stereocenters. The van der Waals surface area contributed by atoms with E-state index < -0.39 is 12.0 Å². The summed E-state index contributed by atoms with van der Waals surface area (Å²) in [6.07, 6.45) is 0.687. The van der Waals surface area contributed by atoms with Crippen molar-refractivity contribution in [3.63, 3.8) is 0 Å². The molecular weight excluding hydrogens is 313 g/mol. The highest BCUT2D eigenvalue weighted by molar-refractivity contribution is 6.34. The Morgan fingerprint density at radius 3 is 2.29 bits per heavy atom. The fraction of sp³-hybridized carbons (Fsp3) is 0.467. The number of halogens is 2. The van der Waals surface area contributed by atoms with Crippen molar-refractivity contribution in [2.75, 3.05) is 0 Å². The number of rotatable bonds is 5. The molecule has 0 radical (unpaired) electrons. The molecule has 1 aliphatic carbocycles. The number of hydrogen-bond acceptors (Lipinski definition) is 2. The van der Waals surface area contributed by atoms with Crippen LogP contribution in [0.3, 0.4) is 0 Å². The molecular formula is C15H17Cl2NO3. The van der Waals surface area contributed by atoms with E-state index in [-0.39, 0.29) is 23.7 Å². The number of nitrogens with one attached hydrogen (secondary N) is 1. The van der Waals surface area contributed by atoms with Crippen molar-refractivity contribution in [2.45, 2.75) is 32.2 Å². The summed E-state index contributed by atoms with van der Waals surface area (Å²) in [6, 6.07) is 4.37. The molecule has 21 heavy (non-hydrogen) atoms. The molecule has 2 unspecified atom stereocenters. The molecule has 6 heteroatoms. The van der Waals surface area contributed by atoms with Gasteiger partial charge < -0.3 is 10.4 Å². The van der Waals surface area contributed by atoms with Crippen molar-refractivity contribution >= 4 is 35.1 Å². The second-order valence-electron chi connectivity index (χ2n) is 5.72. The summed E-state index contributed by atoms with van der Waals surface area (Å²) in [5.74, 6) is -1.55. The first-order chi connectivity index (χ1) is 9.79. The SMILES string of the molecule is CC(C)[C@H](NC(=O)C1CC1c1cc(Cl)cc(Cl)c1)C(=O)O. The van der Waals surface area contributed by atoms with Crippen molar-refractivity contribution in [2.24, 2.45) is 11.8 Å². The van der Waals surface area contributed by atoms with Gasteiger partial charge in [-0.2, -0.15) is 0 Å². The first kappa shape index (κ1) is 16.1. The molecule has 1 amide bonds. The van der Waals surface area contributed by atoms with Crippen LogP contribution in [-0.4, -0.2) is 23.0 Å². The highest BCUT2D eigenvalue weighted by Crippen LogP contribution is 2.48. The lowest BCUT2D eigenvalue weighted by Gasteiger charge is -2.17. The Hall–Kier alpha value is -1.26. The Labute approximate surface area is 133 Å². The second-order valence-corrected chi connectivity index (χ2v) is 6.59. The lowest BCUT2D eigenvalue weighted by atomic mass is 10.0. The van der Waals surface area contributed by atoms with Crippen LogP contribution in [0.25, 0.3) is 0 Å². The van der Waals surface area contributed by atoms with Crippen LogP contribution in [0, 0.1) is 11.8 Å². The molecule has 4 nitrogen and oxygen atoms in total. The number of carbonyl (C=O) groups is 2. The van der Waals surface area contributed by atoms with Crippen LogP contribution >= 0.6 is 23.2 Å². The Morgan fingerprint density at radius 2 is 1.81 bits per heavy atom. The fourth-order valence-corrected chi connectivity index (χ4v) is 2.96. The van der Waals surface area contributed by atoms with E-state index in [1.807, 2.05) is 0 Å². The van der Waals surface area contributed by atoms with E-state index in [4.69, 9.17) is 28.3 Å². The molecule has 0 bridgehead atoms. The van der Waals surface area contributed by atoms with Crippen LogP contribution in [0.1, 0.15) is 31.7 Å². The Balaban J connectivity index is 2.02. The summed E-state index contributed by atoms with van der Waals surface area (Å²) < 4.78 is 0. The number of amides is 1. The highest BCUT2D eigenvalue weighted by atomic mass is 35.5. The molecule has 0 heterocycles. The minimum Gasteiger partial charge on any atom is -0.480 e. The lowest BCUT2D eigenvalue weighted by Crippen LogP contribution is -2.45. The van der Waals surface area contributed by atoms with Gasteiger partial charge in [-0.3, -0.25) is 4.79 Å². The van der Waals surface area contributed by atoms with Gasteiger partial charge in [0.2, 0.25) is 5.91 Å². The molecule has 1 aliphatic rings. The van der Waals surface area contributed by atoms with Crippen molar-refractivity contribution < 1.29 is 14.7 Å². The largest absolute Gasteiger partial charge is 0.480 e. The smallest absolute Gasteiger partial charge is 0.326 e. The summed E-state index contributed by atoms with van der Waals surface area (Å²) in [7, 11) is 0. The lowest BCUT2D eigenvalue weighted by molar-refractivity contribution is -0.143. The predicted molar refractivity (Wildman–Crippen MR) is 81.7 cm³/mol. The van der Waals surface area contributed by atoms with Crippen LogP contribution < -0.4 is 5.32 Å². The summed E-state index contributed by atoms with van der Waals surface area (Å²) >= 11 is 11.9. The van der Waals surface area contributed by atoms with Gasteiger partial charge in [0, 0.05) is 16.0 Å². The number of benzene rings is 1. The van der Waals surface area contributed by atoms with Crippen LogP contribution in [0.2, 0.25) is 10.0 Å². The van der Waals surface area contributed by atoms with Crippen molar-refractivity contribution in [3.8, 4) is 0 Å². The number of aliphatic carboxylic acids is 1. The van der Waals surface area contributed by atoms with Crippen molar-refractivity contribution in [1.82, 2.24) is 5.32 Å². The molecule has 0 aliphatic heterocycles. The van der Waals surface area contributed by atoms with Crippen molar-refractivity contribution in [3.05, 3.63) is 33.8 Å². The zero-order valence-electron chi connectivity index (χ0n) is 11.8. The molecule has 114 valence electrons. The van der Waals surface area contributed by atoms with E-state index in [0.29, 0.717) is 16.5 Å². The highest BCUT2D eigenvalue weighted by Gasteiger charge is 2.45. The molecule has 1 saturated carbocycles. The maximum Gasteiger partial charge on any atom is 0.326 e. The first-order valence-corrected chi connectivity index (χ1v) is 7.54. The van der Waals surface area contributed by atoms with Gasteiger partial charge in [0.25, 0.3) is 0 Å². The topological polar surface area (TPSA) is 66.4 Å². The van der Waals surface area contributed by atoms with E-state index >= 15 is 0 Å². The molecule has 2 rings (SSSR count). The molecule has 2 N–H and O–H groups in total. The number of carboxylic acid groups (broad SMARTS) is 1. The van der Waals surface area contributed by atoms with Crippen LogP contribution in [0.4, 0.5) is 0 Å².